The molecular weight excluding hydrogens is 702 g/mol. The van der Waals surface area contributed by atoms with E-state index < -0.39 is 36.5 Å². The lowest BCUT2D eigenvalue weighted by Crippen LogP contribution is -2.01. The summed E-state index contributed by atoms with van der Waals surface area (Å²) in [5.41, 5.74) is 1.91. The number of hydrogen-bond acceptors (Lipinski definition) is 7. The second kappa shape index (κ2) is 22.4. The highest BCUT2D eigenvalue weighted by Crippen LogP contribution is 2.46. The van der Waals surface area contributed by atoms with Crippen molar-refractivity contribution in [3.63, 3.8) is 0 Å². The molecule has 2 unspecified atom stereocenters. The van der Waals surface area contributed by atoms with Crippen LogP contribution in [0.15, 0.2) is 77.3 Å². The summed E-state index contributed by atoms with van der Waals surface area (Å²) < 4.78 is 88.8. The Kier molecular flexibility index (Phi) is 19.4. The molecule has 3 aromatic carbocycles. The zero-order valence-electron chi connectivity index (χ0n) is 25.1. The molecule has 2 atom stereocenters. The van der Waals surface area contributed by atoms with E-state index in [2.05, 4.69) is 32.5 Å². The van der Waals surface area contributed by atoms with Gasteiger partial charge < -0.3 is 22.8 Å². The molecule has 7 nitrogen and oxygen atoms in total. The van der Waals surface area contributed by atoms with Crippen LogP contribution < -0.4 is 4.74 Å². The Bertz CT molecular complexity index is 1300. The molecule has 0 radical (unpaired) electrons. The number of ether oxygens (including phenoxy) is 1. The molecule has 45 heavy (non-hydrogen) atoms. The summed E-state index contributed by atoms with van der Waals surface area (Å²) in [7, 11) is -3.39. The third-order valence-corrected chi connectivity index (χ3v) is 8.07. The summed E-state index contributed by atoms with van der Waals surface area (Å²) >= 11 is 3.28. The lowest BCUT2D eigenvalue weighted by molar-refractivity contribution is -0.0498. The first-order valence-corrected chi connectivity index (χ1v) is 16.8. The first-order chi connectivity index (χ1) is 21.7. The summed E-state index contributed by atoms with van der Waals surface area (Å²) in [4.78, 5) is 0. The summed E-state index contributed by atoms with van der Waals surface area (Å²) in [5, 5.41) is 0. The van der Waals surface area contributed by atoms with Crippen molar-refractivity contribution in [2.45, 2.75) is 47.0 Å². The molecule has 0 aromatic heterocycles. The summed E-state index contributed by atoms with van der Waals surface area (Å²) in [6.07, 6.45) is -3.26. The Labute approximate surface area is 272 Å². The van der Waals surface area contributed by atoms with Gasteiger partial charge in [0.15, 0.2) is 0 Å². The van der Waals surface area contributed by atoms with Gasteiger partial charge in [-0.25, -0.2) is 8.78 Å². The number of hydrogen-bond donors (Lipinski definition) is 0. The van der Waals surface area contributed by atoms with Crippen molar-refractivity contribution in [3.05, 3.63) is 99.5 Å². The Morgan fingerprint density at radius 3 is 1.56 bits per heavy atom. The van der Waals surface area contributed by atoms with Crippen LogP contribution in [0.2, 0.25) is 0 Å². The molecule has 0 spiro atoms. The molecule has 0 saturated heterocycles. The van der Waals surface area contributed by atoms with Crippen molar-refractivity contribution in [2.24, 2.45) is 0 Å². The van der Waals surface area contributed by atoms with Gasteiger partial charge in [0.05, 0.1) is 26.4 Å². The Balaban J connectivity index is 0.000000355. The average molecular weight is 737 g/mol. The van der Waals surface area contributed by atoms with Gasteiger partial charge in [-0.2, -0.15) is 8.78 Å². The van der Waals surface area contributed by atoms with E-state index in [9.17, 15) is 17.6 Å². The predicted molar refractivity (Wildman–Crippen MR) is 170 cm³/mol. The van der Waals surface area contributed by atoms with Crippen LogP contribution in [0.5, 0.6) is 5.75 Å². The van der Waals surface area contributed by atoms with Crippen molar-refractivity contribution in [3.8, 4) is 17.6 Å². The molecule has 0 N–H and O–H groups in total. The Hall–Kier alpha value is -2.16. The third-order valence-electron chi connectivity index (χ3n) is 4.99. The van der Waals surface area contributed by atoms with Gasteiger partial charge in [0.1, 0.15) is 5.75 Å². The van der Waals surface area contributed by atoms with Gasteiger partial charge >= 0.3 is 23.8 Å². The molecule has 14 heteroatoms. The van der Waals surface area contributed by atoms with Crippen LogP contribution in [0.3, 0.4) is 0 Å². The smallest absolute Gasteiger partial charge is 0.387 e. The fourth-order valence-electron chi connectivity index (χ4n) is 3.16. The highest BCUT2D eigenvalue weighted by Gasteiger charge is 2.21. The Morgan fingerprint density at radius 2 is 1.09 bits per heavy atom. The average Bonchev–Trinajstić information content (AvgIpc) is 3.01. The molecule has 246 valence electrons. The molecule has 0 aliphatic carbocycles. The lowest BCUT2D eigenvalue weighted by atomic mass is 10.1. The van der Waals surface area contributed by atoms with Crippen LogP contribution in [-0.2, 0) is 27.1 Å². The molecule has 0 fully saturated rings. The molecule has 0 aliphatic heterocycles. The highest BCUT2D eigenvalue weighted by atomic mass is 79.9. The fraction of sp³-hybridized carbons (Fsp3) is 0.355. The van der Waals surface area contributed by atoms with Crippen LogP contribution in [-0.4, -0.2) is 33.0 Å². The van der Waals surface area contributed by atoms with E-state index in [4.69, 9.17) is 27.1 Å². The summed E-state index contributed by atoms with van der Waals surface area (Å²) in [5.74, 6) is 5.84. The van der Waals surface area contributed by atoms with Gasteiger partial charge in [-0.3, -0.25) is 9.05 Å². The maximum absolute atomic E-state index is 14.4. The third kappa shape index (κ3) is 15.8. The van der Waals surface area contributed by atoms with E-state index in [0.29, 0.717) is 48.7 Å². The molecule has 0 heterocycles. The molecule has 3 rings (SSSR count). The molecule has 0 bridgehead atoms. The summed E-state index contributed by atoms with van der Waals surface area (Å²) in [6, 6.07) is 19.4. The van der Waals surface area contributed by atoms with Crippen molar-refractivity contribution >= 4 is 33.1 Å². The molecule has 0 aliphatic rings. The largest absolute Gasteiger partial charge is 0.435 e. The van der Waals surface area contributed by atoms with Gasteiger partial charge in [0.25, 0.3) is 0 Å². The topological polar surface area (TPSA) is 64.6 Å². The van der Waals surface area contributed by atoms with E-state index in [0.717, 1.165) is 4.47 Å². The van der Waals surface area contributed by atoms with E-state index in [-0.39, 0.29) is 5.75 Å². The number of rotatable bonds is 16. The molecule has 0 saturated carbocycles. The van der Waals surface area contributed by atoms with Crippen molar-refractivity contribution in [1.82, 2.24) is 0 Å². The quantitative estimate of drug-likeness (QED) is 0.0824. The number of halogens is 5. The zero-order valence-corrected chi connectivity index (χ0v) is 28.5. The first kappa shape index (κ1) is 39.0. The monoisotopic (exact) mass is 736 g/mol. The second-order valence-corrected chi connectivity index (χ2v) is 11.6. The van der Waals surface area contributed by atoms with Gasteiger partial charge in [0.2, 0.25) is 12.7 Å². The highest BCUT2D eigenvalue weighted by molar-refractivity contribution is 9.10. The minimum Gasteiger partial charge on any atom is -0.435 e. The van der Waals surface area contributed by atoms with Gasteiger partial charge in [-0.15, -0.1) is 0 Å². The molecular formula is C31H35BrF4O7P2. The summed E-state index contributed by atoms with van der Waals surface area (Å²) in [6.45, 7) is 5.85. The van der Waals surface area contributed by atoms with Gasteiger partial charge in [-0.05, 0) is 76.2 Å². The van der Waals surface area contributed by atoms with Crippen LogP contribution in [0.25, 0.3) is 0 Å². The van der Waals surface area contributed by atoms with E-state index in [1.807, 2.05) is 19.9 Å². The maximum Gasteiger partial charge on any atom is 0.387 e. The number of alkyl halides is 4. The molecule has 0 amide bonds. The van der Waals surface area contributed by atoms with Crippen molar-refractivity contribution < 1.29 is 49.4 Å². The lowest BCUT2D eigenvalue weighted by Gasteiger charge is -2.17. The first-order valence-electron chi connectivity index (χ1n) is 13.8. The number of benzene rings is 3. The van der Waals surface area contributed by atoms with Crippen LogP contribution in [0.4, 0.5) is 17.6 Å². The van der Waals surface area contributed by atoms with E-state index in [1.54, 1.807) is 68.4 Å². The minimum absolute atomic E-state index is 0.0556. The normalized spacial score (nSPS) is 12.4. The zero-order chi connectivity index (χ0) is 33.0. The van der Waals surface area contributed by atoms with Gasteiger partial charge in [0, 0.05) is 26.7 Å². The van der Waals surface area contributed by atoms with Gasteiger partial charge in [-0.1, -0.05) is 52.0 Å². The van der Waals surface area contributed by atoms with Crippen LogP contribution >= 0.6 is 33.1 Å². The Morgan fingerprint density at radius 1 is 0.622 bits per heavy atom. The van der Waals surface area contributed by atoms with Crippen molar-refractivity contribution in [1.29, 1.82) is 0 Å². The minimum atomic E-state index is -2.87. The van der Waals surface area contributed by atoms with E-state index >= 15 is 0 Å². The predicted octanol–water partition coefficient (Wildman–Crippen LogP) is 10.7. The van der Waals surface area contributed by atoms with Crippen molar-refractivity contribution in [2.75, 3.05) is 26.4 Å². The van der Waals surface area contributed by atoms with Crippen LogP contribution in [0.1, 0.15) is 62.7 Å². The van der Waals surface area contributed by atoms with Crippen LogP contribution in [0, 0.1) is 11.8 Å². The second-order valence-electron chi connectivity index (χ2n) is 8.29. The SMILES string of the molecule is CCOP(OCC)OC(F)c1cccc(Br)c1.CCOP(OCC)OC(F)c1cccc(C#Cc2ccc(OC(F)F)cc2)c1. The van der Waals surface area contributed by atoms with E-state index in [1.165, 1.54) is 12.1 Å². The molecule has 3 aromatic rings. The maximum atomic E-state index is 14.4. The standard InChI is InChI=1S/C20H20F3O4P.C11H15BrFO3P/c1-3-24-28(25-4-2)27-19(21)17-7-5-6-16(14-17)9-8-15-10-12-18(13-11-15)26-20(22)23;1-3-14-17(15-4-2)16-11(13)9-6-5-7-10(12)8-9/h5-7,10-14,19-20H,3-4H2,1-2H3;5-8,11H,3-4H2,1-2H3. The fourth-order valence-corrected chi connectivity index (χ4v) is 5.36.